The molecule has 0 aliphatic heterocycles. The van der Waals surface area contributed by atoms with Crippen molar-refractivity contribution in [3.05, 3.63) is 59.4 Å². The third-order valence-electron chi connectivity index (χ3n) is 2.72. The average Bonchev–Trinajstić information content (AvgIpc) is 2.87. The van der Waals surface area contributed by atoms with E-state index in [1.165, 1.54) is 12.3 Å². The maximum Gasteiger partial charge on any atom is 0.352 e. The number of aromatic carboxylic acids is 1. The lowest BCUT2D eigenvalue weighted by Crippen LogP contribution is -2.00. The van der Waals surface area contributed by atoms with Gasteiger partial charge in [-0.05, 0) is 18.1 Å². The fraction of sp³-hybridized carbons (Fsp3) is 0.143. The van der Waals surface area contributed by atoms with E-state index in [0.717, 1.165) is 5.56 Å². The van der Waals surface area contributed by atoms with E-state index in [1.807, 2.05) is 30.3 Å². The van der Waals surface area contributed by atoms with Crippen molar-refractivity contribution in [2.45, 2.75) is 12.8 Å². The van der Waals surface area contributed by atoms with Gasteiger partial charge >= 0.3 is 5.97 Å². The standard InChI is InChI=1S/C14H13NO3/c16-13(7-6-10-4-2-1-3-5-10)11-8-12(14(17)18)15-9-11/h1-5,8-9,15H,6-7H2,(H,17,18). The fourth-order valence-corrected chi connectivity index (χ4v) is 1.73. The summed E-state index contributed by atoms with van der Waals surface area (Å²) < 4.78 is 0. The summed E-state index contributed by atoms with van der Waals surface area (Å²) in [4.78, 5) is 25.1. The molecule has 4 heteroatoms. The fourth-order valence-electron chi connectivity index (χ4n) is 1.73. The van der Waals surface area contributed by atoms with Crippen LogP contribution in [0.3, 0.4) is 0 Å². The highest BCUT2D eigenvalue weighted by molar-refractivity contribution is 5.98. The maximum atomic E-state index is 11.8. The van der Waals surface area contributed by atoms with Crippen molar-refractivity contribution in [2.75, 3.05) is 0 Å². The van der Waals surface area contributed by atoms with Gasteiger partial charge in [0.25, 0.3) is 0 Å². The molecule has 0 fully saturated rings. The highest BCUT2D eigenvalue weighted by atomic mass is 16.4. The Bertz CT molecular complexity index is 557. The van der Waals surface area contributed by atoms with Gasteiger partial charge in [0, 0.05) is 18.2 Å². The summed E-state index contributed by atoms with van der Waals surface area (Å²) in [7, 11) is 0. The minimum Gasteiger partial charge on any atom is -0.477 e. The number of H-pyrrole nitrogens is 1. The largest absolute Gasteiger partial charge is 0.477 e. The van der Waals surface area contributed by atoms with Gasteiger partial charge < -0.3 is 10.1 Å². The van der Waals surface area contributed by atoms with Gasteiger partial charge in [0.1, 0.15) is 5.69 Å². The van der Waals surface area contributed by atoms with Crippen LogP contribution in [0, 0.1) is 0 Å². The van der Waals surface area contributed by atoms with Gasteiger partial charge in [0.05, 0.1) is 0 Å². The van der Waals surface area contributed by atoms with Crippen molar-refractivity contribution in [1.29, 1.82) is 0 Å². The Kier molecular flexibility index (Phi) is 3.57. The number of hydrogen-bond donors (Lipinski definition) is 2. The Morgan fingerprint density at radius 3 is 2.50 bits per heavy atom. The Balaban J connectivity index is 1.97. The molecular weight excluding hydrogens is 230 g/mol. The molecule has 0 spiro atoms. The number of hydrogen-bond acceptors (Lipinski definition) is 2. The molecule has 0 saturated carbocycles. The Morgan fingerprint density at radius 1 is 1.17 bits per heavy atom. The van der Waals surface area contributed by atoms with E-state index in [4.69, 9.17) is 5.11 Å². The lowest BCUT2D eigenvalue weighted by Gasteiger charge is -1.99. The highest BCUT2D eigenvalue weighted by Crippen LogP contribution is 2.10. The number of benzene rings is 1. The van der Waals surface area contributed by atoms with Crippen LogP contribution in [0.4, 0.5) is 0 Å². The quantitative estimate of drug-likeness (QED) is 0.793. The minimum absolute atomic E-state index is 0.0399. The van der Waals surface area contributed by atoms with E-state index >= 15 is 0 Å². The van der Waals surface area contributed by atoms with Crippen molar-refractivity contribution in [3.63, 3.8) is 0 Å². The SMILES string of the molecule is O=C(CCc1ccccc1)c1c[nH]c(C(=O)O)c1. The van der Waals surface area contributed by atoms with Gasteiger partial charge in [0.2, 0.25) is 0 Å². The third kappa shape index (κ3) is 2.85. The van der Waals surface area contributed by atoms with Crippen LogP contribution in [0.2, 0.25) is 0 Å². The molecule has 0 saturated heterocycles. The molecule has 0 atom stereocenters. The number of carbonyl (C=O) groups is 2. The van der Waals surface area contributed by atoms with Crippen molar-refractivity contribution in [2.24, 2.45) is 0 Å². The number of carbonyl (C=O) groups excluding carboxylic acids is 1. The summed E-state index contributed by atoms with van der Waals surface area (Å²) >= 11 is 0. The second kappa shape index (κ2) is 5.31. The van der Waals surface area contributed by atoms with Gasteiger partial charge in [-0.3, -0.25) is 4.79 Å². The molecule has 2 rings (SSSR count). The molecule has 18 heavy (non-hydrogen) atoms. The van der Waals surface area contributed by atoms with E-state index in [2.05, 4.69) is 4.98 Å². The molecular formula is C14H13NO3. The van der Waals surface area contributed by atoms with Crippen LogP contribution in [-0.4, -0.2) is 21.8 Å². The monoisotopic (exact) mass is 243 g/mol. The van der Waals surface area contributed by atoms with Crippen LogP contribution in [0.15, 0.2) is 42.6 Å². The zero-order valence-corrected chi connectivity index (χ0v) is 9.72. The molecule has 2 N–H and O–H groups in total. The molecule has 1 aromatic heterocycles. The van der Waals surface area contributed by atoms with E-state index < -0.39 is 5.97 Å². The lowest BCUT2D eigenvalue weighted by atomic mass is 10.0. The predicted molar refractivity (Wildman–Crippen MR) is 66.8 cm³/mol. The first-order valence-electron chi connectivity index (χ1n) is 5.65. The van der Waals surface area contributed by atoms with Gasteiger partial charge in [-0.2, -0.15) is 0 Å². The molecule has 4 nitrogen and oxygen atoms in total. The lowest BCUT2D eigenvalue weighted by molar-refractivity contribution is 0.0691. The molecule has 0 radical (unpaired) electrons. The molecule has 1 heterocycles. The molecule has 0 bridgehead atoms. The van der Waals surface area contributed by atoms with Crippen LogP contribution in [0.1, 0.15) is 32.8 Å². The van der Waals surface area contributed by atoms with E-state index in [-0.39, 0.29) is 11.5 Å². The first kappa shape index (κ1) is 12.1. The molecule has 0 aliphatic carbocycles. The summed E-state index contributed by atoms with van der Waals surface area (Å²) in [6.45, 7) is 0. The number of nitrogens with one attached hydrogen (secondary N) is 1. The van der Waals surface area contributed by atoms with Crippen molar-refractivity contribution < 1.29 is 14.7 Å². The maximum absolute atomic E-state index is 11.8. The average molecular weight is 243 g/mol. The second-order valence-electron chi connectivity index (χ2n) is 4.02. The molecule has 1 aromatic carbocycles. The van der Waals surface area contributed by atoms with Crippen LogP contribution >= 0.6 is 0 Å². The summed E-state index contributed by atoms with van der Waals surface area (Å²) in [5.41, 5.74) is 1.56. The zero-order valence-electron chi connectivity index (χ0n) is 9.72. The molecule has 0 amide bonds. The number of aromatic amines is 1. The summed E-state index contributed by atoms with van der Waals surface area (Å²) in [6.07, 6.45) is 2.48. The topological polar surface area (TPSA) is 70.2 Å². The Labute approximate surface area is 104 Å². The Hall–Kier alpha value is -2.36. The van der Waals surface area contributed by atoms with Crippen molar-refractivity contribution in [3.8, 4) is 0 Å². The van der Waals surface area contributed by atoms with Gasteiger partial charge in [-0.15, -0.1) is 0 Å². The number of ketones is 1. The highest BCUT2D eigenvalue weighted by Gasteiger charge is 2.11. The first-order chi connectivity index (χ1) is 8.66. The zero-order chi connectivity index (χ0) is 13.0. The number of aryl methyl sites for hydroxylation is 1. The van der Waals surface area contributed by atoms with Gasteiger partial charge in [-0.1, -0.05) is 30.3 Å². The predicted octanol–water partition coefficient (Wildman–Crippen LogP) is 2.53. The number of rotatable bonds is 5. The first-order valence-corrected chi connectivity index (χ1v) is 5.65. The van der Waals surface area contributed by atoms with E-state index in [1.54, 1.807) is 0 Å². The Morgan fingerprint density at radius 2 is 1.89 bits per heavy atom. The number of carboxylic acid groups (broad SMARTS) is 1. The van der Waals surface area contributed by atoms with Gasteiger partial charge in [0.15, 0.2) is 5.78 Å². The normalized spacial score (nSPS) is 10.2. The van der Waals surface area contributed by atoms with Crippen LogP contribution in [0.25, 0.3) is 0 Å². The van der Waals surface area contributed by atoms with E-state index in [9.17, 15) is 9.59 Å². The number of carboxylic acids is 1. The minimum atomic E-state index is -1.06. The molecule has 0 aliphatic rings. The van der Waals surface area contributed by atoms with Crippen molar-refractivity contribution in [1.82, 2.24) is 4.98 Å². The molecule has 2 aromatic rings. The van der Waals surface area contributed by atoms with Crippen molar-refractivity contribution >= 4 is 11.8 Å². The molecule has 92 valence electrons. The summed E-state index contributed by atoms with van der Waals surface area (Å²) in [5.74, 6) is -1.11. The smallest absolute Gasteiger partial charge is 0.352 e. The van der Waals surface area contributed by atoms with Crippen LogP contribution in [-0.2, 0) is 6.42 Å². The van der Waals surface area contributed by atoms with E-state index in [0.29, 0.717) is 18.4 Å². The number of aromatic nitrogens is 1. The molecule has 0 unspecified atom stereocenters. The second-order valence-corrected chi connectivity index (χ2v) is 4.02. The number of Topliss-reactive ketones (excluding diaryl/α,β-unsaturated/α-hetero) is 1. The third-order valence-corrected chi connectivity index (χ3v) is 2.72. The van der Waals surface area contributed by atoms with Crippen LogP contribution in [0.5, 0.6) is 0 Å². The van der Waals surface area contributed by atoms with Crippen LogP contribution < -0.4 is 0 Å². The summed E-state index contributed by atoms with van der Waals surface area (Å²) in [6, 6.07) is 11.1. The van der Waals surface area contributed by atoms with Gasteiger partial charge in [-0.25, -0.2) is 4.79 Å². The summed E-state index contributed by atoms with van der Waals surface area (Å²) in [5, 5.41) is 8.75.